The normalized spacial score (nSPS) is 21.0. The minimum atomic E-state index is -4.41. The van der Waals surface area contributed by atoms with Gasteiger partial charge in [0.05, 0.1) is 12.1 Å². The number of amides is 1. The summed E-state index contributed by atoms with van der Waals surface area (Å²) < 4.78 is 38.4. The zero-order valence-electron chi connectivity index (χ0n) is 13.2. The molecule has 1 fully saturated rings. The number of carbonyl (C=O) groups is 2. The molecule has 1 unspecified atom stereocenters. The Bertz CT molecular complexity index is 652. The number of aliphatic carboxylic acids is 1. The molecule has 10 heteroatoms. The zero-order chi connectivity index (χ0) is 18.1. The van der Waals surface area contributed by atoms with E-state index in [0.29, 0.717) is 23.4 Å². The van der Waals surface area contributed by atoms with E-state index in [-0.39, 0.29) is 17.9 Å². The Labute approximate surface area is 140 Å². The molecule has 1 aliphatic rings. The van der Waals surface area contributed by atoms with Gasteiger partial charge in [-0.05, 0) is 26.0 Å². The number of nitrogens with zero attached hydrogens (tertiary/aromatic N) is 2. The lowest BCUT2D eigenvalue weighted by molar-refractivity contribution is -0.146. The summed E-state index contributed by atoms with van der Waals surface area (Å²) in [5.41, 5.74) is -0.323. The Hall–Kier alpha value is -1.71. The molecular weight excluding hydrogens is 347 g/mol. The van der Waals surface area contributed by atoms with Crippen LogP contribution in [0.1, 0.15) is 23.4 Å². The van der Waals surface area contributed by atoms with Gasteiger partial charge in [0.25, 0.3) is 0 Å². The summed E-state index contributed by atoms with van der Waals surface area (Å²) in [7, 11) is 0. The lowest BCUT2D eigenvalue weighted by Gasteiger charge is -2.24. The Balaban J connectivity index is 2.13. The second kappa shape index (κ2) is 6.66. The number of rotatable bonds is 5. The molecule has 1 atom stereocenters. The quantitative estimate of drug-likeness (QED) is 0.829. The summed E-state index contributed by atoms with van der Waals surface area (Å²) in [4.78, 5) is 23.7. The van der Waals surface area contributed by atoms with E-state index in [1.165, 1.54) is 25.6 Å². The van der Waals surface area contributed by atoms with Gasteiger partial charge in [0, 0.05) is 17.0 Å². The monoisotopic (exact) mass is 365 g/mol. The van der Waals surface area contributed by atoms with Crippen molar-refractivity contribution in [2.24, 2.45) is 0 Å². The second-order valence-corrected chi connectivity index (χ2v) is 6.94. The fraction of sp³-hybridized carbons (Fsp3) is 0.643. The molecule has 0 aliphatic carbocycles. The molecule has 2 heterocycles. The molecule has 1 aromatic rings. The first-order valence-corrected chi connectivity index (χ1v) is 8.41. The number of carboxylic acid groups (broad SMARTS) is 1. The summed E-state index contributed by atoms with van der Waals surface area (Å²) in [6.45, 7) is 1.77. The van der Waals surface area contributed by atoms with E-state index in [1.807, 2.05) is 0 Å². The van der Waals surface area contributed by atoms with Gasteiger partial charge < -0.3 is 10.4 Å². The topological polar surface area (TPSA) is 84.2 Å². The molecule has 0 aromatic carbocycles. The highest BCUT2D eigenvalue weighted by molar-refractivity contribution is 7.99. The maximum absolute atomic E-state index is 12.5. The third kappa shape index (κ3) is 4.03. The molecule has 2 rings (SSSR count). The number of aromatic nitrogens is 2. The lowest BCUT2D eigenvalue weighted by atomic mass is 9.98. The largest absolute Gasteiger partial charge is 0.479 e. The first kappa shape index (κ1) is 18.6. The highest BCUT2D eigenvalue weighted by Gasteiger charge is 2.43. The van der Waals surface area contributed by atoms with E-state index in [0.717, 1.165) is 4.68 Å². The van der Waals surface area contributed by atoms with Gasteiger partial charge in [0.1, 0.15) is 12.1 Å². The molecule has 1 saturated heterocycles. The van der Waals surface area contributed by atoms with Crippen LogP contribution in [0.25, 0.3) is 0 Å². The highest BCUT2D eigenvalue weighted by Crippen LogP contribution is 2.28. The highest BCUT2D eigenvalue weighted by atomic mass is 32.2. The van der Waals surface area contributed by atoms with E-state index < -0.39 is 30.1 Å². The van der Waals surface area contributed by atoms with Crippen LogP contribution >= 0.6 is 11.8 Å². The molecule has 0 saturated carbocycles. The van der Waals surface area contributed by atoms with E-state index in [1.54, 1.807) is 0 Å². The number of thioether (sulfide) groups is 1. The Morgan fingerprint density at radius 3 is 2.58 bits per heavy atom. The fourth-order valence-electron chi connectivity index (χ4n) is 2.67. The van der Waals surface area contributed by atoms with Gasteiger partial charge in [0.2, 0.25) is 5.91 Å². The van der Waals surface area contributed by atoms with Crippen molar-refractivity contribution in [1.29, 1.82) is 0 Å². The lowest BCUT2D eigenvalue weighted by Crippen LogP contribution is -2.55. The van der Waals surface area contributed by atoms with Crippen molar-refractivity contribution in [1.82, 2.24) is 15.1 Å². The molecule has 1 aromatic heterocycles. The summed E-state index contributed by atoms with van der Waals surface area (Å²) in [6, 6.07) is 0. The summed E-state index contributed by atoms with van der Waals surface area (Å²) in [6.07, 6.45) is -4.28. The van der Waals surface area contributed by atoms with Gasteiger partial charge in [0.15, 0.2) is 0 Å². The van der Waals surface area contributed by atoms with Crippen LogP contribution < -0.4 is 5.32 Å². The SMILES string of the molecule is Cc1nn(CC(F)(F)F)c(C)c1CC(=O)NC1(C(=O)O)CCSC1. The van der Waals surface area contributed by atoms with Crippen LogP contribution in [0.15, 0.2) is 0 Å². The van der Waals surface area contributed by atoms with Crippen LogP contribution in [0, 0.1) is 13.8 Å². The van der Waals surface area contributed by atoms with Crippen LogP contribution in [0.5, 0.6) is 0 Å². The van der Waals surface area contributed by atoms with Crippen molar-refractivity contribution < 1.29 is 27.9 Å². The average molecular weight is 365 g/mol. The predicted molar refractivity (Wildman–Crippen MR) is 81.9 cm³/mol. The van der Waals surface area contributed by atoms with Crippen LogP contribution in [-0.2, 0) is 22.6 Å². The predicted octanol–water partition coefficient (Wildman–Crippen LogP) is 1.68. The van der Waals surface area contributed by atoms with E-state index >= 15 is 0 Å². The standard InChI is InChI=1S/C14H18F3N3O3S/c1-8-10(9(2)20(19-8)6-14(15,16)17)5-11(21)18-13(12(22)23)3-4-24-7-13/h3-7H2,1-2H3,(H,18,21)(H,22,23). The van der Waals surface area contributed by atoms with Gasteiger partial charge in [-0.1, -0.05) is 0 Å². The van der Waals surface area contributed by atoms with Gasteiger partial charge >= 0.3 is 12.1 Å². The van der Waals surface area contributed by atoms with E-state index in [9.17, 15) is 27.9 Å². The third-order valence-corrected chi connectivity index (χ3v) is 5.20. The van der Waals surface area contributed by atoms with Crippen LogP contribution in [0.2, 0.25) is 0 Å². The van der Waals surface area contributed by atoms with Crippen molar-refractivity contribution >= 4 is 23.6 Å². The first-order chi connectivity index (χ1) is 11.0. The molecule has 0 spiro atoms. The second-order valence-electron chi connectivity index (χ2n) is 5.84. The van der Waals surface area contributed by atoms with Crippen molar-refractivity contribution in [2.75, 3.05) is 11.5 Å². The molecule has 0 radical (unpaired) electrons. The minimum Gasteiger partial charge on any atom is -0.479 e. The Morgan fingerprint density at radius 1 is 1.42 bits per heavy atom. The molecule has 2 N–H and O–H groups in total. The third-order valence-electron chi connectivity index (χ3n) is 4.01. The van der Waals surface area contributed by atoms with E-state index in [4.69, 9.17) is 0 Å². The number of carboxylic acids is 1. The first-order valence-electron chi connectivity index (χ1n) is 7.26. The number of alkyl halides is 3. The molecule has 24 heavy (non-hydrogen) atoms. The van der Waals surface area contributed by atoms with Crippen LogP contribution in [-0.4, -0.2) is 50.0 Å². The average Bonchev–Trinajstić information content (AvgIpc) is 2.99. The van der Waals surface area contributed by atoms with Gasteiger partial charge in [-0.2, -0.15) is 30.0 Å². The smallest absolute Gasteiger partial charge is 0.408 e. The van der Waals surface area contributed by atoms with Crippen molar-refractivity contribution in [3.63, 3.8) is 0 Å². The number of hydrogen-bond donors (Lipinski definition) is 2. The fourth-order valence-corrected chi connectivity index (χ4v) is 4.00. The number of nitrogens with one attached hydrogen (secondary N) is 1. The Morgan fingerprint density at radius 2 is 2.08 bits per heavy atom. The molecule has 134 valence electrons. The number of aryl methyl sites for hydroxylation is 1. The number of halogens is 3. The zero-order valence-corrected chi connectivity index (χ0v) is 14.1. The van der Waals surface area contributed by atoms with Crippen LogP contribution in [0.3, 0.4) is 0 Å². The molecule has 0 bridgehead atoms. The van der Waals surface area contributed by atoms with Crippen molar-refractivity contribution in [2.45, 2.75) is 44.9 Å². The molecule has 1 amide bonds. The molecule has 1 aliphatic heterocycles. The van der Waals surface area contributed by atoms with Crippen molar-refractivity contribution in [3.05, 3.63) is 17.0 Å². The maximum Gasteiger partial charge on any atom is 0.408 e. The summed E-state index contributed by atoms with van der Waals surface area (Å²) >= 11 is 1.44. The number of carbonyl (C=O) groups excluding carboxylic acids is 1. The number of hydrogen-bond acceptors (Lipinski definition) is 4. The van der Waals surface area contributed by atoms with Gasteiger partial charge in [-0.3, -0.25) is 9.48 Å². The Kier molecular flexibility index (Phi) is 5.17. The molecular formula is C14H18F3N3O3S. The molecule has 6 nitrogen and oxygen atoms in total. The van der Waals surface area contributed by atoms with Gasteiger partial charge in [-0.15, -0.1) is 0 Å². The van der Waals surface area contributed by atoms with E-state index in [2.05, 4.69) is 10.4 Å². The maximum atomic E-state index is 12.5. The summed E-state index contributed by atoms with van der Waals surface area (Å²) in [5, 5.41) is 15.7. The van der Waals surface area contributed by atoms with Gasteiger partial charge in [-0.25, -0.2) is 4.79 Å². The summed E-state index contributed by atoms with van der Waals surface area (Å²) in [5.74, 6) is -0.715. The van der Waals surface area contributed by atoms with Crippen LogP contribution in [0.4, 0.5) is 13.2 Å². The van der Waals surface area contributed by atoms with Crippen molar-refractivity contribution in [3.8, 4) is 0 Å². The minimum absolute atomic E-state index is 0.199.